The molecule has 322 valence electrons. The zero-order valence-electron chi connectivity index (χ0n) is 38.4. The highest BCUT2D eigenvalue weighted by Gasteiger charge is 2.40. The summed E-state index contributed by atoms with van der Waals surface area (Å²) in [6.07, 6.45) is 8.90. The molecule has 4 heterocycles. The Morgan fingerprint density at radius 1 is 0.414 bits per heavy atom. The maximum Gasteiger partial charge on any atom is 0.258 e. The monoisotopic (exact) mass is 884 g/mol. The first-order valence-electron chi connectivity index (χ1n) is 24.6. The van der Waals surface area contributed by atoms with Gasteiger partial charge in [-0.2, -0.15) is 0 Å². The van der Waals surface area contributed by atoms with Gasteiger partial charge in [0.2, 0.25) is 6.71 Å². The smallest absolute Gasteiger partial charge is 0.258 e. The lowest BCUT2D eigenvalue weighted by atomic mass is 9.34. The van der Waals surface area contributed by atoms with E-state index in [4.69, 9.17) is 0 Å². The number of hydrogen-bond acceptors (Lipinski definition) is 0. The van der Waals surface area contributed by atoms with Crippen LogP contribution in [-0.4, -0.2) is 22.6 Å². The topological polar surface area (TPSA) is 9.86 Å². The normalized spacial score (nSPS) is 13.5. The fourth-order valence-corrected chi connectivity index (χ4v) is 12.9. The molecule has 2 aliphatic heterocycles. The molecule has 0 amide bonds. The molecular formula is C66H42B2N2. The summed E-state index contributed by atoms with van der Waals surface area (Å²) >= 11 is 0. The predicted molar refractivity (Wildman–Crippen MR) is 298 cm³/mol. The molecular weight excluding hydrogens is 842 g/mol. The minimum Gasteiger partial charge on any atom is -0.310 e. The zero-order valence-corrected chi connectivity index (χ0v) is 38.4. The summed E-state index contributed by atoms with van der Waals surface area (Å²) in [5.41, 5.74) is 25.2. The van der Waals surface area contributed by atoms with Crippen molar-refractivity contribution in [2.45, 2.75) is 12.8 Å². The van der Waals surface area contributed by atoms with E-state index < -0.39 is 0 Å². The van der Waals surface area contributed by atoms with E-state index in [2.05, 4.69) is 252 Å². The molecule has 0 saturated carbocycles. The Bertz CT molecular complexity index is 4120. The highest BCUT2D eigenvalue weighted by atomic mass is 15.0. The third-order valence-electron chi connectivity index (χ3n) is 15.6. The molecule has 70 heavy (non-hydrogen) atoms. The van der Waals surface area contributed by atoms with Crippen molar-refractivity contribution in [3.63, 3.8) is 0 Å². The minimum absolute atomic E-state index is 0.0296. The van der Waals surface area contributed by atoms with Gasteiger partial charge in [0.1, 0.15) is 0 Å². The van der Waals surface area contributed by atoms with Crippen LogP contribution in [0.3, 0.4) is 0 Å². The first-order chi connectivity index (χ1) is 34.8. The van der Waals surface area contributed by atoms with E-state index >= 15 is 0 Å². The van der Waals surface area contributed by atoms with Crippen LogP contribution in [0.1, 0.15) is 18.4 Å². The molecule has 0 fully saturated rings. The van der Waals surface area contributed by atoms with Crippen molar-refractivity contribution in [3.05, 3.63) is 248 Å². The van der Waals surface area contributed by atoms with Crippen LogP contribution < -0.4 is 32.8 Å². The Kier molecular flexibility index (Phi) is 8.62. The number of nitrogens with zero attached hydrogens (tertiary/aromatic N) is 2. The van der Waals surface area contributed by atoms with E-state index in [1.54, 1.807) is 0 Å². The molecule has 0 radical (unpaired) electrons. The predicted octanol–water partition coefficient (Wildman–Crippen LogP) is 11.9. The van der Waals surface area contributed by atoms with Crippen LogP contribution in [0.4, 0.5) is 0 Å². The van der Waals surface area contributed by atoms with Gasteiger partial charge < -0.3 is 9.13 Å². The van der Waals surface area contributed by atoms with Crippen LogP contribution in [0.25, 0.3) is 93.9 Å². The number of aromatic nitrogens is 2. The van der Waals surface area contributed by atoms with Crippen molar-refractivity contribution >= 4 is 95.4 Å². The van der Waals surface area contributed by atoms with Crippen LogP contribution >= 0.6 is 0 Å². The molecule has 15 rings (SSSR count). The molecule has 12 aromatic rings. The lowest BCUT2D eigenvalue weighted by Gasteiger charge is -2.30. The molecule has 0 unspecified atom stereocenters. The molecule has 2 aromatic heterocycles. The van der Waals surface area contributed by atoms with Gasteiger partial charge in [0.05, 0.1) is 16.6 Å². The second-order valence-electron chi connectivity index (χ2n) is 19.1. The average molecular weight is 885 g/mol. The van der Waals surface area contributed by atoms with Gasteiger partial charge in [-0.15, -0.1) is 0 Å². The van der Waals surface area contributed by atoms with Crippen molar-refractivity contribution in [2.75, 3.05) is 0 Å². The summed E-state index contributed by atoms with van der Waals surface area (Å²) in [6.45, 7) is -0.106. The van der Waals surface area contributed by atoms with Gasteiger partial charge in [0.25, 0.3) is 6.71 Å². The first kappa shape index (κ1) is 39.2. The fourth-order valence-electron chi connectivity index (χ4n) is 12.9. The fraction of sp³-hybridized carbons (Fsp3) is 0.0303. The van der Waals surface area contributed by atoms with Crippen LogP contribution in [0.5, 0.6) is 0 Å². The van der Waals surface area contributed by atoms with Gasteiger partial charge in [-0.3, -0.25) is 0 Å². The molecule has 4 heteroatoms. The quantitative estimate of drug-likeness (QED) is 0.147. The Balaban J connectivity index is 1.04. The van der Waals surface area contributed by atoms with Crippen LogP contribution in [0.15, 0.2) is 231 Å². The van der Waals surface area contributed by atoms with E-state index in [-0.39, 0.29) is 13.4 Å². The summed E-state index contributed by atoms with van der Waals surface area (Å²) in [7, 11) is 0. The van der Waals surface area contributed by atoms with Gasteiger partial charge in [-0.25, -0.2) is 0 Å². The molecule has 0 atom stereocenters. The van der Waals surface area contributed by atoms with E-state index in [1.165, 1.54) is 132 Å². The van der Waals surface area contributed by atoms with Gasteiger partial charge in [-0.05, 0) is 104 Å². The molecule has 10 aromatic carbocycles. The average Bonchev–Trinajstić information content (AvgIpc) is 3.97. The molecule has 2 nitrogen and oxygen atoms in total. The van der Waals surface area contributed by atoms with Gasteiger partial charge in [0, 0.05) is 43.9 Å². The summed E-state index contributed by atoms with van der Waals surface area (Å²) in [4.78, 5) is 0. The Morgan fingerprint density at radius 3 is 1.51 bits per heavy atom. The highest BCUT2D eigenvalue weighted by molar-refractivity contribution is 7.00. The van der Waals surface area contributed by atoms with Crippen LogP contribution in [0, 0.1) is 12.1 Å². The lowest BCUT2D eigenvalue weighted by Crippen LogP contribution is -2.57. The van der Waals surface area contributed by atoms with E-state index in [0.717, 1.165) is 12.8 Å². The van der Waals surface area contributed by atoms with Gasteiger partial charge in [-0.1, -0.05) is 223 Å². The first-order valence-corrected chi connectivity index (χ1v) is 24.6. The lowest BCUT2D eigenvalue weighted by molar-refractivity contribution is 1.06. The highest BCUT2D eigenvalue weighted by Crippen LogP contribution is 2.43. The maximum absolute atomic E-state index is 3.82. The van der Waals surface area contributed by atoms with Crippen LogP contribution in [0.2, 0.25) is 0 Å². The van der Waals surface area contributed by atoms with Crippen molar-refractivity contribution in [1.82, 2.24) is 9.13 Å². The Hall–Kier alpha value is -8.77. The Morgan fingerprint density at radius 2 is 0.914 bits per heavy atom. The SMILES string of the molecule is c1cc2c3c4c5cccc6c5n(c4ccc3n3c2c(c#1)B(c1c(C2=CC=CCC2)cccc1-c1ccccc1)c1ccccc1-3)-c1ccccc1B6c1c(-c2ccccc2)cccc1-c1ccccc1. The second kappa shape index (κ2) is 15.4. The second-order valence-corrected chi connectivity index (χ2v) is 19.1. The summed E-state index contributed by atoms with van der Waals surface area (Å²) in [6, 6.07) is 86.5. The molecule has 0 spiro atoms. The van der Waals surface area contributed by atoms with Crippen molar-refractivity contribution < 1.29 is 0 Å². The number of rotatable bonds is 6. The third-order valence-corrected chi connectivity index (χ3v) is 15.6. The molecule has 0 saturated heterocycles. The summed E-state index contributed by atoms with van der Waals surface area (Å²) in [5, 5.41) is 5.01. The van der Waals surface area contributed by atoms with Crippen molar-refractivity contribution in [2.24, 2.45) is 0 Å². The third kappa shape index (κ3) is 5.55. The summed E-state index contributed by atoms with van der Waals surface area (Å²) in [5.74, 6) is 0. The Labute approximate surface area is 408 Å². The molecule has 0 bridgehead atoms. The summed E-state index contributed by atoms with van der Waals surface area (Å²) < 4.78 is 5.13. The van der Waals surface area contributed by atoms with Crippen LogP contribution in [-0.2, 0) is 0 Å². The standard InChI is InChI=1S/C66H42B2N2/c1-5-21-43(22-6-1)47-29-17-30-48(44-23-7-2-8-24-44)63(47)67-53-35-13-15-39-57(53)69-59-41-42-60-62(61(59)51-33-19-37-55(67)65(51)69)52-34-20-38-56-66(52)70(60)58-40-16-14-36-54(58)68(56)64-49(45-25-9-3-10-26-45)31-18-32-50(64)46-27-11-4-12-28-46/h1-11,13-19,21-27,29-37,39-42H,12,28H2. The van der Waals surface area contributed by atoms with Gasteiger partial charge >= 0.3 is 0 Å². The number of hydrogen-bond donors (Lipinski definition) is 0. The molecule has 3 aliphatic rings. The largest absolute Gasteiger partial charge is 0.310 e. The number of benzene rings is 9. The van der Waals surface area contributed by atoms with Gasteiger partial charge in [0.15, 0.2) is 0 Å². The number of para-hydroxylation sites is 3. The van der Waals surface area contributed by atoms with E-state index in [0.29, 0.717) is 0 Å². The molecule has 0 N–H and O–H groups in total. The van der Waals surface area contributed by atoms with Crippen molar-refractivity contribution in [3.8, 4) is 44.8 Å². The van der Waals surface area contributed by atoms with E-state index in [1.807, 2.05) is 0 Å². The minimum atomic E-state index is -0.0761. The maximum atomic E-state index is 3.82. The van der Waals surface area contributed by atoms with Crippen molar-refractivity contribution in [1.29, 1.82) is 0 Å². The number of fused-ring (bicyclic) bond motifs is 11. The number of allylic oxidation sites excluding steroid dienone is 4. The zero-order chi connectivity index (χ0) is 45.9. The molecule has 1 aliphatic carbocycles. The van der Waals surface area contributed by atoms with E-state index in [9.17, 15) is 0 Å².